The lowest BCUT2D eigenvalue weighted by Gasteiger charge is -2.13. The van der Waals surface area contributed by atoms with Crippen LogP contribution in [0.25, 0.3) is 33.5 Å². The molecule has 0 spiro atoms. The Morgan fingerprint density at radius 3 is 2.88 bits per heavy atom. The summed E-state index contributed by atoms with van der Waals surface area (Å²) in [6, 6.07) is 10.7. The van der Waals surface area contributed by atoms with Crippen LogP contribution >= 0.6 is 0 Å². The number of imidazole rings is 1. The Morgan fingerprint density at radius 2 is 2.03 bits per heavy atom. The molecule has 0 saturated heterocycles. The maximum absolute atomic E-state index is 4.88. The molecule has 7 heteroatoms. The molecule has 4 aromatic heterocycles. The van der Waals surface area contributed by atoms with Crippen LogP contribution in [0.2, 0.25) is 0 Å². The molecule has 2 N–H and O–H groups in total. The van der Waals surface area contributed by atoms with Gasteiger partial charge in [0, 0.05) is 47.6 Å². The van der Waals surface area contributed by atoms with Gasteiger partial charge in [0.2, 0.25) is 0 Å². The van der Waals surface area contributed by atoms with Crippen molar-refractivity contribution in [2.45, 2.75) is 39.7 Å². The summed E-state index contributed by atoms with van der Waals surface area (Å²) in [5.41, 5.74) is 6.08. The van der Waals surface area contributed by atoms with Gasteiger partial charge in [-0.25, -0.2) is 15.0 Å². The van der Waals surface area contributed by atoms with E-state index in [4.69, 9.17) is 9.97 Å². The first-order chi connectivity index (χ1) is 15.6. The first-order valence-electron chi connectivity index (χ1n) is 11.1. The van der Waals surface area contributed by atoms with Gasteiger partial charge in [0.15, 0.2) is 17.3 Å². The molecule has 162 valence electrons. The fourth-order valence-electron chi connectivity index (χ4n) is 4.02. The fraction of sp³-hybridized carbons (Fsp3) is 0.280. The summed E-state index contributed by atoms with van der Waals surface area (Å²) in [5, 5.41) is 4.78. The number of rotatable bonds is 7. The molecular weight excluding hydrogens is 398 g/mol. The molecule has 0 bridgehead atoms. The molecule has 0 unspecified atom stereocenters. The molecule has 0 fully saturated rings. The number of aryl methyl sites for hydroxylation is 1. The van der Waals surface area contributed by atoms with Gasteiger partial charge in [-0.2, -0.15) is 0 Å². The number of para-hydroxylation sites is 1. The van der Waals surface area contributed by atoms with Crippen molar-refractivity contribution < 1.29 is 0 Å². The summed E-state index contributed by atoms with van der Waals surface area (Å²) >= 11 is 0. The second kappa shape index (κ2) is 8.42. The van der Waals surface area contributed by atoms with Gasteiger partial charge in [0.25, 0.3) is 0 Å². The molecule has 0 aliphatic heterocycles. The topological polar surface area (TPSA) is 84.3 Å². The lowest BCUT2D eigenvalue weighted by Crippen LogP contribution is -2.09. The van der Waals surface area contributed by atoms with E-state index in [9.17, 15) is 0 Å². The summed E-state index contributed by atoms with van der Waals surface area (Å²) < 4.78 is 2.13. The number of nitrogens with one attached hydrogen (secondary N) is 2. The summed E-state index contributed by atoms with van der Waals surface area (Å²) in [6.45, 7) is 7.12. The Kier molecular flexibility index (Phi) is 5.31. The van der Waals surface area contributed by atoms with E-state index < -0.39 is 0 Å². The molecular formula is C25H27N7. The quantitative estimate of drug-likeness (QED) is 0.369. The second-order valence-electron chi connectivity index (χ2n) is 8.26. The van der Waals surface area contributed by atoms with Crippen molar-refractivity contribution in [3.8, 4) is 11.4 Å². The number of pyridine rings is 1. The molecule has 0 radical (unpaired) electrons. The van der Waals surface area contributed by atoms with Crippen molar-refractivity contribution in [1.29, 1.82) is 0 Å². The van der Waals surface area contributed by atoms with Crippen molar-refractivity contribution in [3.05, 3.63) is 66.4 Å². The van der Waals surface area contributed by atoms with Crippen LogP contribution in [0, 0.1) is 6.92 Å². The Balaban J connectivity index is 1.50. The largest absolute Gasteiger partial charge is 0.368 e. The summed E-state index contributed by atoms with van der Waals surface area (Å²) in [4.78, 5) is 22.1. The molecule has 0 aliphatic rings. The van der Waals surface area contributed by atoms with Crippen molar-refractivity contribution >= 4 is 27.9 Å². The minimum atomic E-state index is 0.303. The van der Waals surface area contributed by atoms with Crippen LogP contribution < -0.4 is 5.32 Å². The number of aromatic nitrogens is 6. The zero-order chi connectivity index (χ0) is 22.1. The summed E-state index contributed by atoms with van der Waals surface area (Å²) in [5.74, 6) is 1.42. The number of benzene rings is 1. The third-order valence-electron chi connectivity index (χ3n) is 5.98. The zero-order valence-corrected chi connectivity index (χ0v) is 18.6. The number of anilines is 1. The summed E-state index contributed by atoms with van der Waals surface area (Å²) in [7, 11) is 0. The number of aromatic amines is 1. The van der Waals surface area contributed by atoms with Gasteiger partial charge in [-0.05, 0) is 49.9 Å². The van der Waals surface area contributed by atoms with Crippen LogP contribution in [-0.4, -0.2) is 36.0 Å². The number of fused-ring (bicyclic) bond motifs is 2. The van der Waals surface area contributed by atoms with Crippen LogP contribution in [0.1, 0.15) is 37.4 Å². The van der Waals surface area contributed by atoms with Gasteiger partial charge in [-0.1, -0.05) is 25.1 Å². The smallest absolute Gasteiger partial charge is 0.166 e. The van der Waals surface area contributed by atoms with Crippen LogP contribution in [0.4, 0.5) is 5.82 Å². The molecule has 7 nitrogen and oxygen atoms in total. The summed E-state index contributed by atoms with van der Waals surface area (Å²) in [6.07, 6.45) is 9.49. The van der Waals surface area contributed by atoms with Crippen molar-refractivity contribution in [2.75, 3.05) is 11.9 Å². The Morgan fingerprint density at radius 1 is 1.16 bits per heavy atom. The first-order valence-corrected chi connectivity index (χ1v) is 11.1. The van der Waals surface area contributed by atoms with Crippen LogP contribution in [-0.2, 0) is 6.42 Å². The predicted molar refractivity (Wildman–Crippen MR) is 129 cm³/mol. The molecule has 32 heavy (non-hydrogen) atoms. The van der Waals surface area contributed by atoms with Crippen LogP contribution in [0.3, 0.4) is 0 Å². The Hall–Kier alpha value is -3.74. The zero-order valence-electron chi connectivity index (χ0n) is 18.6. The first kappa shape index (κ1) is 20.2. The van der Waals surface area contributed by atoms with E-state index in [1.54, 1.807) is 0 Å². The van der Waals surface area contributed by atoms with E-state index in [0.29, 0.717) is 11.9 Å². The third-order valence-corrected chi connectivity index (χ3v) is 5.98. The highest BCUT2D eigenvalue weighted by Crippen LogP contribution is 2.27. The van der Waals surface area contributed by atoms with Gasteiger partial charge in [-0.15, -0.1) is 0 Å². The standard InChI is InChI=1S/C25H27N7/c1-4-17(3)32-15-29-22-24(27-10-9-18-14-28-21-8-6-5-7-20(18)21)30-23(31-25(22)32)19-11-16(2)12-26-13-19/h5-8,11-15,17,28H,4,9-10H2,1-3H3,(H,27,30,31)/t17-/m1/s1. The highest BCUT2D eigenvalue weighted by Gasteiger charge is 2.17. The molecule has 0 saturated carbocycles. The number of hydrogen-bond acceptors (Lipinski definition) is 5. The molecule has 1 atom stereocenters. The minimum Gasteiger partial charge on any atom is -0.368 e. The lowest BCUT2D eigenvalue weighted by atomic mass is 10.1. The fourth-order valence-corrected chi connectivity index (χ4v) is 4.02. The minimum absolute atomic E-state index is 0.303. The molecule has 4 heterocycles. The van der Waals surface area contributed by atoms with E-state index in [1.165, 1.54) is 10.9 Å². The normalized spacial score (nSPS) is 12.5. The molecule has 0 amide bonds. The second-order valence-corrected chi connectivity index (χ2v) is 8.26. The molecule has 1 aromatic carbocycles. The monoisotopic (exact) mass is 425 g/mol. The van der Waals surface area contributed by atoms with Crippen LogP contribution in [0.5, 0.6) is 0 Å². The lowest BCUT2D eigenvalue weighted by molar-refractivity contribution is 0.541. The highest BCUT2D eigenvalue weighted by molar-refractivity contribution is 5.85. The van der Waals surface area contributed by atoms with Crippen molar-refractivity contribution in [3.63, 3.8) is 0 Å². The molecule has 5 aromatic rings. The van der Waals surface area contributed by atoms with Crippen molar-refractivity contribution in [2.24, 2.45) is 0 Å². The Bertz CT molecular complexity index is 1380. The Labute approximate surface area is 187 Å². The third kappa shape index (κ3) is 3.70. The van der Waals surface area contributed by atoms with E-state index in [1.807, 2.05) is 31.7 Å². The number of hydrogen-bond donors (Lipinski definition) is 2. The van der Waals surface area contributed by atoms with Gasteiger partial charge >= 0.3 is 0 Å². The van der Waals surface area contributed by atoms with E-state index in [0.717, 1.165) is 53.0 Å². The molecule has 5 rings (SSSR count). The SMILES string of the molecule is CC[C@@H](C)n1cnc2c(NCCc3c[nH]c4ccccc34)nc(-c3cncc(C)c3)nc21. The molecule has 0 aliphatic carbocycles. The average molecular weight is 426 g/mol. The predicted octanol–water partition coefficient (Wildman–Crippen LogP) is 5.30. The van der Waals surface area contributed by atoms with E-state index in [-0.39, 0.29) is 0 Å². The van der Waals surface area contributed by atoms with Gasteiger partial charge in [-0.3, -0.25) is 4.98 Å². The van der Waals surface area contributed by atoms with E-state index >= 15 is 0 Å². The number of nitrogens with zero attached hydrogens (tertiary/aromatic N) is 5. The van der Waals surface area contributed by atoms with Crippen molar-refractivity contribution in [1.82, 2.24) is 29.5 Å². The van der Waals surface area contributed by atoms with E-state index in [2.05, 4.69) is 69.1 Å². The van der Waals surface area contributed by atoms with Gasteiger partial charge in [0.05, 0.1) is 6.33 Å². The van der Waals surface area contributed by atoms with Gasteiger partial charge in [0.1, 0.15) is 5.52 Å². The maximum atomic E-state index is 4.88. The van der Waals surface area contributed by atoms with Gasteiger partial charge < -0.3 is 14.9 Å². The average Bonchev–Trinajstić information content (AvgIpc) is 3.43. The maximum Gasteiger partial charge on any atom is 0.166 e. The van der Waals surface area contributed by atoms with Crippen LogP contribution in [0.15, 0.2) is 55.2 Å². The number of H-pyrrole nitrogens is 1. The highest BCUT2D eigenvalue weighted by atomic mass is 15.2.